The molecule has 4 aromatic rings. The van der Waals surface area contributed by atoms with E-state index in [1.165, 1.54) is 28.5 Å². The van der Waals surface area contributed by atoms with Crippen LogP contribution in [0.3, 0.4) is 0 Å². The molecule has 0 bridgehead atoms. The van der Waals surface area contributed by atoms with E-state index in [1.54, 1.807) is 12.1 Å². The molecular weight excluding hydrogens is 386 g/mol. The number of imidazole rings is 1. The quantitative estimate of drug-likeness (QED) is 0.371. The van der Waals surface area contributed by atoms with Crippen LogP contribution in [0.5, 0.6) is 0 Å². The summed E-state index contributed by atoms with van der Waals surface area (Å²) in [5, 5.41) is 2.91. The van der Waals surface area contributed by atoms with Crippen LogP contribution in [-0.4, -0.2) is 22.0 Å². The van der Waals surface area contributed by atoms with Crippen LogP contribution in [0.4, 0.5) is 0 Å². The van der Waals surface area contributed by atoms with Gasteiger partial charge in [0.1, 0.15) is 5.82 Å². The molecule has 5 nitrogen and oxygen atoms in total. The fraction of sp³-hybridized carbons (Fsp3) is 0.308. The Labute approximate surface area is 183 Å². The number of para-hydroxylation sites is 2. The van der Waals surface area contributed by atoms with Crippen molar-refractivity contribution in [3.8, 4) is 0 Å². The Morgan fingerprint density at radius 1 is 1.03 bits per heavy atom. The number of rotatable bonds is 9. The maximum Gasteiger partial charge on any atom is 0.286 e. The second-order valence-corrected chi connectivity index (χ2v) is 8.08. The number of fused-ring (bicyclic) bond motifs is 1. The van der Waals surface area contributed by atoms with Gasteiger partial charge in [-0.2, -0.15) is 0 Å². The number of nitrogens with zero attached hydrogens (tertiary/aromatic N) is 2. The Balaban J connectivity index is 1.38. The van der Waals surface area contributed by atoms with E-state index in [2.05, 4.69) is 60.1 Å². The molecule has 0 aliphatic carbocycles. The number of carbonyl (C=O) groups excluding carboxylic acids is 1. The van der Waals surface area contributed by atoms with Crippen molar-refractivity contribution in [3.63, 3.8) is 0 Å². The maximum atomic E-state index is 11.9. The molecule has 0 saturated heterocycles. The SMILES string of the molecule is Cc1ccc(C)c(Cn2c(CCCCCNC(=O)c3ccco3)nc3ccccc32)c1. The van der Waals surface area contributed by atoms with Crippen molar-refractivity contribution >= 4 is 16.9 Å². The lowest BCUT2D eigenvalue weighted by Crippen LogP contribution is -2.23. The zero-order valence-corrected chi connectivity index (χ0v) is 18.2. The first-order chi connectivity index (χ1) is 15.1. The minimum Gasteiger partial charge on any atom is -0.459 e. The highest BCUT2D eigenvalue weighted by Gasteiger charge is 2.12. The highest BCUT2D eigenvalue weighted by atomic mass is 16.3. The fourth-order valence-electron chi connectivity index (χ4n) is 3.92. The molecule has 2 heterocycles. The van der Waals surface area contributed by atoms with Crippen molar-refractivity contribution in [2.24, 2.45) is 0 Å². The number of benzene rings is 2. The normalized spacial score (nSPS) is 11.2. The molecule has 1 N–H and O–H groups in total. The Hall–Kier alpha value is -3.34. The number of carbonyl (C=O) groups is 1. The van der Waals surface area contributed by atoms with Crippen molar-refractivity contribution in [2.45, 2.75) is 46.1 Å². The second-order valence-electron chi connectivity index (χ2n) is 8.08. The average molecular weight is 416 g/mol. The zero-order chi connectivity index (χ0) is 21.6. The van der Waals surface area contributed by atoms with Gasteiger partial charge in [0.2, 0.25) is 0 Å². The number of amides is 1. The van der Waals surface area contributed by atoms with Crippen LogP contribution in [-0.2, 0) is 13.0 Å². The number of aryl methyl sites for hydroxylation is 3. The van der Waals surface area contributed by atoms with Crippen LogP contribution in [0.1, 0.15) is 52.3 Å². The summed E-state index contributed by atoms with van der Waals surface area (Å²) in [6.07, 6.45) is 5.44. The predicted octanol–water partition coefficient (Wildman–Crippen LogP) is 5.44. The average Bonchev–Trinajstić information content (AvgIpc) is 3.42. The maximum absolute atomic E-state index is 11.9. The Morgan fingerprint density at radius 3 is 2.74 bits per heavy atom. The summed E-state index contributed by atoms with van der Waals surface area (Å²) in [7, 11) is 0. The van der Waals surface area contributed by atoms with Gasteiger partial charge in [-0.15, -0.1) is 0 Å². The van der Waals surface area contributed by atoms with Gasteiger partial charge in [0.05, 0.1) is 17.3 Å². The van der Waals surface area contributed by atoms with Gasteiger partial charge >= 0.3 is 0 Å². The van der Waals surface area contributed by atoms with Gasteiger partial charge in [-0.3, -0.25) is 4.79 Å². The van der Waals surface area contributed by atoms with E-state index in [9.17, 15) is 4.79 Å². The van der Waals surface area contributed by atoms with E-state index in [-0.39, 0.29) is 5.91 Å². The molecule has 0 unspecified atom stereocenters. The van der Waals surface area contributed by atoms with Crippen LogP contribution in [0.2, 0.25) is 0 Å². The first-order valence-electron chi connectivity index (χ1n) is 10.9. The molecule has 160 valence electrons. The van der Waals surface area contributed by atoms with Crippen LogP contribution in [0.25, 0.3) is 11.0 Å². The molecule has 31 heavy (non-hydrogen) atoms. The summed E-state index contributed by atoms with van der Waals surface area (Å²) >= 11 is 0. The molecule has 0 aliphatic heterocycles. The number of hydrogen-bond donors (Lipinski definition) is 1. The number of hydrogen-bond acceptors (Lipinski definition) is 3. The lowest BCUT2D eigenvalue weighted by molar-refractivity contribution is 0.0925. The summed E-state index contributed by atoms with van der Waals surface area (Å²) in [4.78, 5) is 16.8. The first-order valence-corrected chi connectivity index (χ1v) is 10.9. The van der Waals surface area contributed by atoms with Crippen LogP contribution >= 0.6 is 0 Å². The highest BCUT2D eigenvalue weighted by molar-refractivity contribution is 5.91. The molecule has 0 aliphatic rings. The van der Waals surface area contributed by atoms with Gasteiger partial charge in [-0.1, -0.05) is 42.3 Å². The molecule has 0 saturated carbocycles. The highest BCUT2D eigenvalue weighted by Crippen LogP contribution is 2.21. The molecule has 4 rings (SSSR count). The first kappa shape index (κ1) is 20.9. The van der Waals surface area contributed by atoms with Crippen LogP contribution in [0, 0.1) is 13.8 Å². The summed E-state index contributed by atoms with van der Waals surface area (Å²) in [5.41, 5.74) is 6.16. The van der Waals surface area contributed by atoms with Crippen LogP contribution in [0.15, 0.2) is 65.3 Å². The van der Waals surface area contributed by atoms with E-state index in [1.807, 2.05) is 6.07 Å². The molecule has 0 spiro atoms. The van der Waals surface area contributed by atoms with Crippen molar-refractivity contribution in [1.29, 1.82) is 0 Å². The lowest BCUT2D eigenvalue weighted by Gasteiger charge is -2.12. The summed E-state index contributed by atoms with van der Waals surface area (Å²) in [5.74, 6) is 1.34. The van der Waals surface area contributed by atoms with Crippen molar-refractivity contribution in [3.05, 3.63) is 89.1 Å². The molecule has 0 radical (unpaired) electrons. The van der Waals surface area contributed by atoms with Gasteiger partial charge in [-0.05, 0) is 62.1 Å². The second kappa shape index (κ2) is 9.65. The number of furan rings is 1. The largest absolute Gasteiger partial charge is 0.459 e. The number of unbranched alkanes of at least 4 members (excludes halogenated alkanes) is 2. The van der Waals surface area contributed by atoms with E-state index >= 15 is 0 Å². The Morgan fingerprint density at radius 2 is 1.90 bits per heavy atom. The standard InChI is InChI=1S/C26H29N3O2/c1-19-13-14-20(2)21(17-19)18-29-23-10-6-5-9-22(23)28-25(29)12-4-3-7-15-27-26(30)24-11-8-16-31-24/h5-6,8-11,13-14,16-17H,3-4,7,12,15,18H2,1-2H3,(H,27,30). The third-order valence-corrected chi connectivity index (χ3v) is 5.67. The fourth-order valence-corrected chi connectivity index (χ4v) is 3.92. The zero-order valence-electron chi connectivity index (χ0n) is 18.2. The smallest absolute Gasteiger partial charge is 0.286 e. The van der Waals surface area contributed by atoms with Gasteiger partial charge in [0, 0.05) is 19.5 Å². The summed E-state index contributed by atoms with van der Waals surface area (Å²) in [6.45, 7) is 5.80. The third kappa shape index (κ3) is 5.05. The van der Waals surface area contributed by atoms with Crippen molar-refractivity contribution in [1.82, 2.24) is 14.9 Å². The Bertz CT molecular complexity index is 1160. The summed E-state index contributed by atoms with van der Waals surface area (Å²) < 4.78 is 7.47. The van der Waals surface area contributed by atoms with Crippen molar-refractivity contribution in [2.75, 3.05) is 6.54 Å². The number of aromatic nitrogens is 2. The molecule has 0 fully saturated rings. The van der Waals surface area contributed by atoms with Gasteiger partial charge in [0.15, 0.2) is 5.76 Å². The molecule has 2 aromatic heterocycles. The topological polar surface area (TPSA) is 60.1 Å². The van der Waals surface area contributed by atoms with E-state index in [4.69, 9.17) is 9.40 Å². The summed E-state index contributed by atoms with van der Waals surface area (Å²) in [6, 6.07) is 18.4. The van der Waals surface area contributed by atoms with Gasteiger partial charge < -0.3 is 14.3 Å². The third-order valence-electron chi connectivity index (χ3n) is 5.67. The van der Waals surface area contributed by atoms with E-state index in [0.717, 1.165) is 43.6 Å². The molecule has 2 aromatic carbocycles. The minimum atomic E-state index is -0.152. The van der Waals surface area contributed by atoms with Gasteiger partial charge in [-0.25, -0.2) is 4.98 Å². The Kier molecular flexibility index (Phi) is 6.51. The molecule has 1 amide bonds. The molecule has 5 heteroatoms. The monoisotopic (exact) mass is 415 g/mol. The van der Waals surface area contributed by atoms with E-state index in [0.29, 0.717) is 12.3 Å². The molecule has 0 atom stereocenters. The van der Waals surface area contributed by atoms with Crippen LogP contribution < -0.4 is 5.32 Å². The lowest BCUT2D eigenvalue weighted by atomic mass is 10.1. The minimum absolute atomic E-state index is 0.152. The molecular formula is C26H29N3O2. The van der Waals surface area contributed by atoms with Gasteiger partial charge in [0.25, 0.3) is 5.91 Å². The van der Waals surface area contributed by atoms with E-state index < -0.39 is 0 Å². The predicted molar refractivity (Wildman–Crippen MR) is 123 cm³/mol. The van der Waals surface area contributed by atoms with Crippen molar-refractivity contribution < 1.29 is 9.21 Å². The number of nitrogens with one attached hydrogen (secondary N) is 1.